The fourth-order valence-corrected chi connectivity index (χ4v) is 4.58. The molecule has 1 atom stereocenters. The van der Waals surface area contributed by atoms with Crippen molar-refractivity contribution in [3.05, 3.63) is 52.5 Å². The normalized spacial score (nSPS) is 24.9. The van der Waals surface area contributed by atoms with Crippen LogP contribution in [0, 0.1) is 11.2 Å². The van der Waals surface area contributed by atoms with Crippen LogP contribution in [-0.2, 0) is 11.3 Å². The van der Waals surface area contributed by atoms with E-state index in [-0.39, 0.29) is 17.1 Å². The fourth-order valence-electron chi connectivity index (χ4n) is 3.83. The van der Waals surface area contributed by atoms with E-state index in [4.69, 9.17) is 0 Å². The van der Waals surface area contributed by atoms with Crippen molar-refractivity contribution in [1.29, 1.82) is 0 Å². The molecule has 2 aliphatic heterocycles. The van der Waals surface area contributed by atoms with Crippen LogP contribution in [0.2, 0.25) is 0 Å². The molecule has 2 aromatic rings. The van der Waals surface area contributed by atoms with Crippen LogP contribution < -0.4 is 4.90 Å². The summed E-state index contributed by atoms with van der Waals surface area (Å²) in [6.45, 7) is 3.65. The van der Waals surface area contributed by atoms with Crippen LogP contribution in [0.15, 0.2) is 41.8 Å². The predicted molar refractivity (Wildman–Crippen MR) is 90.0 cm³/mol. The number of thiophene rings is 1. The van der Waals surface area contributed by atoms with E-state index in [2.05, 4.69) is 22.4 Å². The van der Waals surface area contributed by atoms with Gasteiger partial charge >= 0.3 is 0 Å². The molecule has 4 rings (SSSR count). The zero-order valence-corrected chi connectivity index (χ0v) is 13.7. The molecule has 120 valence electrons. The molecular formula is C18H19FN2OS. The van der Waals surface area contributed by atoms with E-state index in [1.807, 2.05) is 6.07 Å². The van der Waals surface area contributed by atoms with Gasteiger partial charge in [-0.25, -0.2) is 4.39 Å². The van der Waals surface area contributed by atoms with Gasteiger partial charge in [0.05, 0.1) is 0 Å². The van der Waals surface area contributed by atoms with E-state index in [9.17, 15) is 9.18 Å². The number of hydrogen-bond acceptors (Lipinski definition) is 3. The number of hydrogen-bond donors (Lipinski definition) is 0. The van der Waals surface area contributed by atoms with Crippen LogP contribution >= 0.6 is 11.3 Å². The van der Waals surface area contributed by atoms with Gasteiger partial charge in [-0.15, -0.1) is 11.3 Å². The van der Waals surface area contributed by atoms with E-state index in [0.29, 0.717) is 18.7 Å². The molecule has 1 aromatic carbocycles. The van der Waals surface area contributed by atoms with E-state index in [0.717, 1.165) is 26.1 Å². The molecule has 2 fully saturated rings. The summed E-state index contributed by atoms with van der Waals surface area (Å²) >= 11 is 1.78. The monoisotopic (exact) mass is 330 g/mol. The second-order valence-corrected chi connectivity index (χ2v) is 7.71. The fraction of sp³-hybridized carbons (Fsp3) is 0.389. The van der Waals surface area contributed by atoms with Gasteiger partial charge < -0.3 is 4.90 Å². The van der Waals surface area contributed by atoms with Crippen LogP contribution in [-0.4, -0.2) is 30.4 Å². The largest absolute Gasteiger partial charge is 0.312 e. The molecule has 2 saturated heterocycles. The summed E-state index contributed by atoms with van der Waals surface area (Å²) in [5, 5.41) is 2.10. The molecule has 0 saturated carbocycles. The number of amides is 1. The third-order valence-corrected chi connectivity index (χ3v) is 5.78. The van der Waals surface area contributed by atoms with Crippen molar-refractivity contribution < 1.29 is 9.18 Å². The Morgan fingerprint density at radius 3 is 2.91 bits per heavy atom. The molecule has 0 N–H and O–H groups in total. The van der Waals surface area contributed by atoms with E-state index in [1.54, 1.807) is 22.3 Å². The summed E-state index contributed by atoms with van der Waals surface area (Å²) in [5.74, 6) is -0.171. The minimum absolute atomic E-state index is 0.0284. The minimum atomic E-state index is -0.290. The number of nitrogens with zero attached hydrogens (tertiary/aromatic N) is 2. The molecule has 3 heterocycles. The van der Waals surface area contributed by atoms with Crippen LogP contribution in [0.4, 0.5) is 10.1 Å². The summed E-state index contributed by atoms with van der Waals surface area (Å²) < 4.78 is 13.4. The number of carbonyl (C=O) groups excluding carboxylic acids is 1. The average Bonchev–Trinajstić information content (AvgIpc) is 3.22. The SMILES string of the molecule is O=C1CC2(CCN(Cc3cccs3)C2)CN1c1cccc(F)c1. The number of benzene rings is 1. The highest BCUT2D eigenvalue weighted by molar-refractivity contribution is 7.09. The molecule has 0 radical (unpaired) electrons. The lowest BCUT2D eigenvalue weighted by molar-refractivity contribution is -0.117. The second-order valence-electron chi connectivity index (χ2n) is 6.68. The van der Waals surface area contributed by atoms with Gasteiger partial charge in [-0.1, -0.05) is 12.1 Å². The van der Waals surface area contributed by atoms with Gasteiger partial charge in [0.25, 0.3) is 0 Å². The van der Waals surface area contributed by atoms with Crippen LogP contribution in [0.5, 0.6) is 0 Å². The molecule has 0 aliphatic carbocycles. The lowest BCUT2D eigenvalue weighted by Gasteiger charge is -2.24. The van der Waals surface area contributed by atoms with Crippen LogP contribution in [0.25, 0.3) is 0 Å². The van der Waals surface area contributed by atoms with Gasteiger partial charge in [-0.3, -0.25) is 9.69 Å². The molecular weight excluding hydrogens is 311 g/mol. The number of halogens is 1. The molecule has 1 amide bonds. The summed E-state index contributed by atoms with van der Waals surface area (Å²) in [6, 6.07) is 10.6. The van der Waals surface area contributed by atoms with Gasteiger partial charge in [-0.2, -0.15) is 0 Å². The van der Waals surface area contributed by atoms with Crippen LogP contribution in [0.3, 0.4) is 0 Å². The maximum absolute atomic E-state index is 13.4. The highest BCUT2D eigenvalue weighted by Crippen LogP contribution is 2.42. The molecule has 1 unspecified atom stereocenters. The first kappa shape index (κ1) is 14.8. The third kappa shape index (κ3) is 2.91. The maximum Gasteiger partial charge on any atom is 0.227 e. The van der Waals surface area contributed by atoms with Crippen molar-refractivity contribution in [2.24, 2.45) is 5.41 Å². The van der Waals surface area contributed by atoms with E-state index in [1.165, 1.54) is 17.0 Å². The summed E-state index contributed by atoms with van der Waals surface area (Å²) in [6.07, 6.45) is 1.61. The van der Waals surface area contributed by atoms with Gasteiger partial charge in [0.2, 0.25) is 5.91 Å². The molecule has 1 spiro atoms. The predicted octanol–water partition coefficient (Wildman–Crippen LogP) is 3.52. The Bertz CT molecular complexity index is 718. The topological polar surface area (TPSA) is 23.6 Å². The van der Waals surface area contributed by atoms with Gasteiger partial charge in [0.1, 0.15) is 5.82 Å². The Balaban J connectivity index is 1.48. The highest BCUT2D eigenvalue weighted by Gasteiger charge is 2.47. The van der Waals surface area contributed by atoms with E-state index >= 15 is 0 Å². The number of anilines is 1. The molecule has 0 bridgehead atoms. The molecule has 3 nitrogen and oxygen atoms in total. The maximum atomic E-state index is 13.4. The van der Waals surface area contributed by atoms with Crippen molar-refractivity contribution in [2.45, 2.75) is 19.4 Å². The Hall–Kier alpha value is -1.72. The van der Waals surface area contributed by atoms with Crippen molar-refractivity contribution >= 4 is 22.9 Å². The second kappa shape index (κ2) is 5.73. The molecule has 5 heteroatoms. The van der Waals surface area contributed by atoms with Gasteiger partial charge in [0.15, 0.2) is 0 Å². The average molecular weight is 330 g/mol. The molecule has 23 heavy (non-hydrogen) atoms. The lowest BCUT2D eigenvalue weighted by Crippen LogP contribution is -2.31. The first-order valence-electron chi connectivity index (χ1n) is 7.94. The number of rotatable bonds is 3. The van der Waals surface area contributed by atoms with Crippen molar-refractivity contribution in [2.75, 3.05) is 24.5 Å². The third-order valence-electron chi connectivity index (χ3n) is 4.92. The lowest BCUT2D eigenvalue weighted by atomic mass is 9.86. The number of carbonyl (C=O) groups is 1. The zero-order chi connectivity index (χ0) is 15.9. The molecule has 2 aliphatic rings. The Labute approximate surface area is 139 Å². The summed E-state index contributed by atoms with van der Waals surface area (Å²) in [4.78, 5) is 18.0. The van der Waals surface area contributed by atoms with Crippen molar-refractivity contribution in [3.8, 4) is 0 Å². The zero-order valence-electron chi connectivity index (χ0n) is 12.9. The first-order valence-corrected chi connectivity index (χ1v) is 8.82. The Morgan fingerprint density at radius 2 is 2.13 bits per heavy atom. The quantitative estimate of drug-likeness (QED) is 0.860. The minimum Gasteiger partial charge on any atom is -0.312 e. The number of likely N-dealkylation sites (tertiary alicyclic amines) is 1. The van der Waals surface area contributed by atoms with Crippen molar-refractivity contribution in [1.82, 2.24) is 4.90 Å². The standard InChI is InChI=1S/C18H19FN2OS/c19-14-3-1-4-15(9-14)21-13-18(10-17(21)22)6-7-20(12-18)11-16-5-2-8-23-16/h1-5,8-9H,6-7,10-13H2. The Morgan fingerprint density at radius 1 is 1.22 bits per heavy atom. The van der Waals surface area contributed by atoms with E-state index < -0.39 is 0 Å². The van der Waals surface area contributed by atoms with Gasteiger partial charge in [0, 0.05) is 42.0 Å². The first-order chi connectivity index (χ1) is 11.1. The van der Waals surface area contributed by atoms with Crippen molar-refractivity contribution in [3.63, 3.8) is 0 Å². The van der Waals surface area contributed by atoms with Gasteiger partial charge in [-0.05, 0) is 42.6 Å². The summed E-state index contributed by atoms with van der Waals surface area (Å²) in [7, 11) is 0. The smallest absolute Gasteiger partial charge is 0.227 e. The molecule has 1 aromatic heterocycles. The van der Waals surface area contributed by atoms with Crippen LogP contribution in [0.1, 0.15) is 17.7 Å². The summed E-state index contributed by atoms with van der Waals surface area (Å²) in [5.41, 5.74) is 0.712. The Kier molecular flexibility index (Phi) is 3.70. The highest BCUT2D eigenvalue weighted by atomic mass is 32.1.